The van der Waals surface area contributed by atoms with Gasteiger partial charge in [-0.3, -0.25) is 5.41 Å². The smallest absolute Gasteiger partial charge is 0.217 e. The molecule has 0 atom stereocenters. The van der Waals surface area contributed by atoms with Crippen LogP contribution in [0.2, 0.25) is 5.02 Å². The van der Waals surface area contributed by atoms with Gasteiger partial charge >= 0.3 is 0 Å². The maximum absolute atomic E-state index is 7.74. The first-order valence-corrected chi connectivity index (χ1v) is 5.70. The molecule has 0 radical (unpaired) electrons. The molecule has 1 N–H and O–H groups in total. The van der Waals surface area contributed by atoms with E-state index in [0.29, 0.717) is 29.5 Å². The number of hydrogen-bond acceptors (Lipinski definition) is 3. The zero-order chi connectivity index (χ0) is 12.0. The Morgan fingerprint density at radius 3 is 2.75 bits per heavy atom. The van der Waals surface area contributed by atoms with Crippen molar-refractivity contribution in [2.45, 2.75) is 20.3 Å². The van der Waals surface area contributed by atoms with Crippen molar-refractivity contribution in [1.29, 1.82) is 5.41 Å². The number of nitrogens with one attached hydrogen (secondary N) is 1. The van der Waals surface area contributed by atoms with Gasteiger partial charge < -0.3 is 9.47 Å². The molecule has 0 aliphatic rings. The number of hydrogen-bond donors (Lipinski definition) is 1. The molecule has 0 fully saturated rings. The SMILES string of the molecule is CCCOc1ccc(Cl)cc1C(=N)OCC. The topological polar surface area (TPSA) is 42.3 Å². The number of rotatable bonds is 5. The fourth-order valence-electron chi connectivity index (χ4n) is 1.24. The molecule has 0 aromatic heterocycles. The lowest BCUT2D eigenvalue weighted by atomic mass is 10.2. The van der Waals surface area contributed by atoms with Crippen molar-refractivity contribution < 1.29 is 9.47 Å². The second-order valence-electron chi connectivity index (χ2n) is 3.25. The molecule has 0 bridgehead atoms. The van der Waals surface area contributed by atoms with Gasteiger partial charge in [0.05, 0.1) is 18.8 Å². The van der Waals surface area contributed by atoms with E-state index in [2.05, 4.69) is 0 Å². The van der Waals surface area contributed by atoms with Crippen LogP contribution in [0, 0.1) is 5.41 Å². The summed E-state index contributed by atoms with van der Waals surface area (Å²) in [6, 6.07) is 5.20. The molecular formula is C12H16ClNO2. The average molecular weight is 242 g/mol. The van der Waals surface area contributed by atoms with Crippen LogP contribution in [0.25, 0.3) is 0 Å². The predicted octanol–water partition coefficient (Wildman–Crippen LogP) is 3.49. The average Bonchev–Trinajstić information content (AvgIpc) is 2.27. The van der Waals surface area contributed by atoms with E-state index in [0.717, 1.165) is 6.42 Å². The molecule has 4 heteroatoms. The molecule has 0 saturated carbocycles. The molecule has 0 saturated heterocycles. The third-order valence-corrected chi connectivity index (χ3v) is 2.17. The van der Waals surface area contributed by atoms with Crippen molar-refractivity contribution in [2.75, 3.05) is 13.2 Å². The third-order valence-electron chi connectivity index (χ3n) is 1.94. The number of benzene rings is 1. The summed E-state index contributed by atoms with van der Waals surface area (Å²) in [5.74, 6) is 0.737. The highest BCUT2D eigenvalue weighted by Gasteiger charge is 2.10. The molecule has 1 rings (SSSR count). The van der Waals surface area contributed by atoms with Crippen LogP contribution in [-0.2, 0) is 4.74 Å². The predicted molar refractivity (Wildman–Crippen MR) is 65.7 cm³/mol. The first-order chi connectivity index (χ1) is 7.69. The third kappa shape index (κ3) is 3.42. The monoisotopic (exact) mass is 241 g/mol. The second-order valence-corrected chi connectivity index (χ2v) is 3.69. The van der Waals surface area contributed by atoms with E-state index in [1.807, 2.05) is 13.8 Å². The Balaban J connectivity index is 2.93. The first-order valence-electron chi connectivity index (χ1n) is 5.33. The van der Waals surface area contributed by atoms with E-state index in [1.54, 1.807) is 18.2 Å². The minimum absolute atomic E-state index is 0.0936. The highest BCUT2D eigenvalue weighted by molar-refractivity contribution is 6.31. The summed E-state index contributed by atoms with van der Waals surface area (Å²) in [5.41, 5.74) is 0.600. The minimum Gasteiger partial charge on any atom is -0.493 e. The minimum atomic E-state index is 0.0936. The fraction of sp³-hybridized carbons (Fsp3) is 0.417. The van der Waals surface area contributed by atoms with Crippen LogP contribution in [0.5, 0.6) is 5.75 Å². The van der Waals surface area contributed by atoms with Crippen LogP contribution in [0.4, 0.5) is 0 Å². The van der Waals surface area contributed by atoms with Gasteiger partial charge in [-0.1, -0.05) is 18.5 Å². The molecule has 3 nitrogen and oxygen atoms in total. The van der Waals surface area contributed by atoms with Crippen LogP contribution in [0.3, 0.4) is 0 Å². The molecule has 0 aliphatic heterocycles. The van der Waals surface area contributed by atoms with Crippen LogP contribution in [0.15, 0.2) is 18.2 Å². The van der Waals surface area contributed by atoms with E-state index in [9.17, 15) is 0 Å². The van der Waals surface area contributed by atoms with E-state index in [-0.39, 0.29) is 5.90 Å². The lowest BCUT2D eigenvalue weighted by Gasteiger charge is -2.12. The number of halogens is 1. The Hall–Kier alpha value is -1.22. The molecule has 0 unspecified atom stereocenters. The van der Waals surface area contributed by atoms with Crippen LogP contribution < -0.4 is 4.74 Å². The molecule has 0 heterocycles. The van der Waals surface area contributed by atoms with Crippen LogP contribution >= 0.6 is 11.6 Å². The van der Waals surface area contributed by atoms with E-state index >= 15 is 0 Å². The summed E-state index contributed by atoms with van der Waals surface area (Å²) < 4.78 is 10.7. The van der Waals surface area contributed by atoms with Gasteiger partial charge in [0.25, 0.3) is 0 Å². The van der Waals surface area contributed by atoms with Gasteiger partial charge in [-0.2, -0.15) is 0 Å². The van der Waals surface area contributed by atoms with Crippen molar-refractivity contribution in [3.8, 4) is 5.75 Å². The molecule has 0 aliphatic carbocycles. The van der Waals surface area contributed by atoms with Gasteiger partial charge in [0.2, 0.25) is 5.90 Å². The van der Waals surface area contributed by atoms with Crippen molar-refractivity contribution >= 4 is 17.5 Å². The van der Waals surface area contributed by atoms with Gasteiger partial charge in [0.15, 0.2) is 0 Å². The summed E-state index contributed by atoms with van der Waals surface area (Å²) in [6.45, 7) is 4.95. The normalized spacial score (nSPS) is 9.94. The maximum atomic E-state index is 7.74. The molecular weight excluding hydrogens is 226 g/mol. The van der Waals surface area contributed by atoms with Crippen molar-refractivity contribution in [3.63, 3.8) is 0 Å². The van der Waals surface area contributed by atoms with Gasteiger partial charge in [-0.15, -0.1) is 0 Å². The largest absolute Gasteiger partial charge is 0.493 e. The van der Waals surface area contributed by atoms with Gasteiger partial charge in [-0.25, -0.2) is 0 Å². The Bertz CT molecular complexity index is 366. The Labute approximate surface area is 101 Å². The molecule has 88 valence electrons. The standard InChI is InChI=1S/C12H16ClNO2/c1-3-7-16-11-6-5-9(13)8-10(11)12(14)15-4-2/h5-6,8,14H,3-4,7H2,1-2H3. The van der Waals surface area contributed by atoms with E-state index in [4.69, 9.17) is 26.5 Å². The zero-order valence-corrected chi connectivity index (χ0v) is 10.3. The molecule has 16 heavy (non-hydrogen) atoms. The summed E-state index contributed by atoms with van der Waals surface area (Å²) in [4.78, 5) is 0. The molecule has 0 spiro atoms. The zero-order valence-electron chi connectivity index (χ0n) is 9.55. The lowest BCUT2D eigenvalue weighted by molar-refractivity contribution is 0.305. The molecule has 0 amide bonds. The van der Waals surface area contributed by atoms with Crippen molar-refractivity contribution in [1.82, 2.24) is 0 Å². The van der Waals surface area contributed by atoms with E-state index in [1.165, 1.54) is 0 Å². The van der Waals surface area contributed by atoms with Crippen LogP contribution in [0.1, 0.15) is 25.8 Å². The van der Waals surface area contributed by atoms with Gasteiger partial charge in [0.1, 0.15) is 5.75 Å². The Morgan fingerprint density at radius 2 is 2.12 bits per heavy atom. The Kier molecular flexibility index (Phi) is 5.12. The number of ether oxygens (including phenoxy) is 2. The second kappa shape index (κ2) is 6.38. The van der Waals surface area contributed by atoms with Crippen molar-refractivity contribution in [2.24, 2.45) is 0 Å². The summed E-state index contributed by atoms with van der Waals surface area (Å²) in [5, 5.41) is 8.31. The van der Waals surface area contributed by atoms with Crippen LogP contribution in [-0.4, -0.2) is 19.1 Å². The van der Waals surface area contributed by atoms with Gasteiger partial charge in [0, 0.05) is 5.02 Å². The van der Waals surface area contributed by atoms with Crippen molar-refractivity contribution in [3.05, 3.63) is 28.8 Å². The van der Waals surface area contributed by atoms with Gasteiger partial charge in [-0.05, 0) is 31.5 Å². The summed E-state index contributed by atoms with van der Waals surface area (Å²) >= 11 is 5.89. The lowest BCUT2D eigenvalue weighted by Crippen LogP contribution is -2.08. The first kappa shape index (κ1) is 12.8. The maximum Gasteiger partial charge on any atom is 0.217 e. The highest BCUT2D eigenvalue weighted by Crippen LogP contribution is 2.23. The molecule has 1 aromatic carbocycles. The molecule has 1 aromatic rings. The summed E-state index contributed by atoms with van der Waals surface area (Å²) in [7, 11) is 0. The quantitative estimate of drug-likeness (QED) is 0.633. The Morgan fingerprint density at radius 1 is 1.38 bits per heavy atom. The highest BCUT2D eigenvalue weighted by atomic mass is 35.5. The van der Waals surface area contributed by atoms with E-state index < -0.39 is 0 Å². The fourth-order valence-corrected chi connectivity index (χ4v) is 1.41. The summed E-state index contributed by atoms with van der Waals surface area (Å²) in [6.07, 6.45) is 0.921.